The van der Waals surface area contributed by atoms with Gasteiger partial charge >= 0.3 is 12.2 Å². The van der Waals surface area contributed by atoms with E-state index in [1.165, 1.54) is 18.2 Å². The lowest BCUT2D eigenvalue weighted by atomic mass is 10.0. The number of rotatable bonds is 5. The molecule has 2 aliphatic rings. The van der Waals surface area contributed by atoms with Gasteiger partial charge in [0.1, 0.15) is 17.9 Å². The van der Waals surface area contributed by atoms with Crippen LogP contribution < -0.4 is 10.2 Å². The fourth-order valence-corrected chi connectivity index (χ4v) is 4.45. The lowest BCUT2D eigenvalue weighted by Crippen LogP contribution is -2.48. The number of methoxy groups -OCH3 is 1. The number of ether oxygens (including phenoxy) is 2. The highest BCUT2D eigenvalue weighted by Crippen LogP contribution is 2.30. The van der Waals surface area contributed by atoms with Gasteiger partial charge in [0.15, 0.2) is 0 Å². The minimum atomic E-state index is -0.404. The highest BCUT2D eigenvalue weighted by atomic mass is 16.6. The summed E-state index contributed by atoms with van der Waals surface area (Å²) in [5, 5.41) is 7.02. The van der Waals surface area contributed by atoms with Gasteiger partial charge in [-0.3, -0.25) is 14.1 Å². The number of benzene rings is 1. The van der Waals surface area contributed by atoms with Crippen molar-refractivity contribution in [2.24, 2.45) is 0 Å². The van der Waals surface area contributed by atoms with Gasteiger partial charge in [-0.25, -0.2) is 14.6 Å². The molecule has 0 spiro atoms. The smallest absolute Gasteiger partial charge is 0.414 e. The van der Waals surface area contributed by atoms with Crippen LogP contribution in [0.5, 0.6) is 0 Å². The van der Waals surface area contributed by atoms with Crippen molar-refractivity contribution >= 4 is 35.1 Å². The summed E-state index contributed by atoms with van der Waals surface area (Å²) in [4.78, 5) is 48.5. The second-order valence-electron chi connectivity index (χ2n) is 9.03. The third-order valence-electron chi connectivity index (χ3n) is 6.65. The van der Waals surface area contributed by atoms with E-state index in [2.05, 4.69) is 20.4 Å². The fraction of sp³-hybridized carbons (Fsp3) is 0.280. The molecule has 2 aliphatic heterocycles. The van der Waals surface area contributed by atoms with Gasteiger partial charge in [-0.05, 0) is 24.6 Å². The fourth-order valence-electron chi connectivity index (χ4n) is 4.45. The van der Waals surface area contributed by atoms with E-state index in [0.29, 0.717) is 66.2 Å². The van der Waals surface area contributed by atoms with Crippen molar-refractivity contribution in [2.45, 2.75) is 12.8 Å². The van der Waals surface area contributed by atoms with Gasteiger partial charge in [-0.15, -0.1) is 0 Å². The van der Waals surface area contributed by atoms with Crippen molar-refractivity contribution in [1.29, 1.82) is 0 Å². The van der Waals surface area contributed by atoms with Gasteiger partial charge in [-0.1, -0.05) is 17.3 Å². The molecule has 1 aromatic carbocycles. The number of amides is 3. The number of aromatic nitrogens is 4. The Labute approximate surface area is 215 Å². The van der Waals surface area contributed by atoms with Crippen LogP contribution in [0.3, 0.4) is 0 Å². The first kappa shape index (κ1) is 23.5. The van der Waals surface area contributed by atoms with Crippen molar-refractivity contribution < 1.29 is 28.4 Å². The quantitative estimate of drug-likeness (QED) is 0.422. The van der Waals surface area contributed by atoms with Crippen LogP contribution in [0, 0.1) is 6.92 Å². The predicted molar refractivity (Wildman–Crippen MR) is 133 cm³/mol. The Morgan fingerprint density at radius 3 is 2.79 bits per heavy atom. The van der Waals surface area contributed by atoms with E-state index in [4.69, 9.17) is 14.0 Å². The van der Waals surface area contributed by atoms with Crippen molar-refractivity contribution in [3.8, 4) is 11.4 Å². The molecule has 4 aromatic rings. The molecule has 5 heterocycles. The van der Waals surface area contributed by atoms with Gasteiger partial charge in [0.2, 0.25) is 11.7 Å². The first-order valence-corrected chi connectivity index (χ1v) is 11.9. The second-order valence-corrected chi connectivity index (χ2v) is 9.03. The number of hydrogen-bond donors (Lipinski definition) is 1. The lowest BCUT2D eigenvalue weighted by molar-refractivity contribution is 0.0804. The maximum atomic E-state index is 13.2. The van der Waals surface area contributed by atoms with Crippen LogP contribution in [0.1, 0.15) is 27.9 Å². The number of likely N-dealkylation sites (tertiary alicyclic amines) is 1. The Bertz CT molecular complexity index is 1570. The largest absolute Gasteiger partial charge is 0.453 e. The molecule has 0 saturated carbocycles. The van der Waals surface area contributed by atoms with E-state index >= 15 is 0 Å². The van der Waals surface area contributed by atoms with Crippen molar-refractivity contribution in [2.75, 3.05) is 43.6 Å². The van der Waals surface area contributed by atoms with E-state index < -0.39 is 6.09 Å². The average Bonchev–Trinajstić information content (AvgIpc) is 3.63. The van der Waals surface area contributed by atoms with E-state index in [9.17, 15) is 14.4 Å². The SMILES string of the molecule is COC(=O)N1CC(c2nc(-c3ccc(C)c(NC(=O)c4cnc5cc(N6CCOC6=O)ccn45)c3)no2)C1. The molecule has 6 rings (SSSR count). The Morgan fingerprint density at radius 1 is 1.18 bits per heavy atom. The normalized spacial score (nSPS) is 15.5. The van der Waals surface area contributed by atoms with E-state index in [1.54, 1.807) is 33.7 Å². The molecule has 3 aromatic heterocycles. The number of nitrogens with one attached hydrogen (secondary N) is 1. The predicted octanol–water partition coefficient (Wildman–Crippen LogP) is 3.07. The Kier molecular flexibility index (Phi) is 5.66. The summed E-state index contributed by atoms with van der Waals surface area (Å²) < 4.78 is 16.8. The second kappa shape index (κ2) is 9.18. The van der Waals surface area contributed by atoms with Gasteiger partial charge in [-0.2, -0.15) is 4.98 Å². The molecule has 0 bridgehead atoms. The maximum absolute atomic E-state index is 13.2. The molecule has 0 radical (unpaired) electrons. The molecule has 2 saturated heterocycles. The summed E-state index contributed by atoms with van der Waals surface area (Å²) in [5.41, 5.74) is 3.62. The van der Waals surface area contributed by atoms with Crippen LogP contribution in [-0.4, -0.2) is 75.9 Å². The van der Waals surface area contributed by atoms with Crippen LogP contribution in [0.15, 0.2) is 47.2 Å². The van der Waals surface area contributed by atoms with E-state index in [-0.39, 0.29) is 17.9 Å². The van der Waals surface area contributed by atoms with Gasteiger partial charge < -0.3 is 24.2 Å². The molecule has 13 heteroatoms. The molecule has 0 atom stereocenters. The molecule has 38 heavy (non-hydrogen) atoms. The van der Waals surface area contributed by atoms with Crippen molar-refractivity contribution in [3.63, 3.8) is 0 Å². The van der Waals surface area contributed by atoms with Crippen molar-refractivity contribution in [1.82, 2.24) is 24.4 Å². The first-order valence-electron chi connectivity index (χ1n) is 11.9. The monoisotopic (exact) mass is 517 g/mol. The van der Waals surface area contributed by atoms with Crippen LogP contribution in [0.25, 0.3) is 17.0 Å². The lowest BCUT2D eigenvalue weighted by Gasteiger charge is -2.35. The number of nitrogens with zero attached hydrogens (tertiary/aromatic N) is 6. The highest BCUT2D eigenvalue weighted by Gasteiger charge is 2.36. The summed E-state index contributed by atoms with van der Waals surface area (Å²) >= 11 is 0. The van der Waals surface area contributed by atoms with Gasteiger partial charge in [0.25, 0.3) is 5.91 Å². The third-order valence-corrected chi connectivity index (χ3v) is 6.65. The van der Waals surface area contributed by atoms with E-state index in [1.807, 2.05) is 19.1 Å². The molecule has 1 N–H and O–H groups in total. The molecule has 194 valence electrons. The number of anilines is 2. The average molecular weight is 518 g/mol. The maximum Gasteiger partial charge on any atom is 0.414 e. The summed E-state index contributed by atoms with van der Waals surface area (Å²) in [5.74, 6) is 0.428. The molecular formula is C25H23N7O6. The Hall–Kier alpha value is -4.94. The van der Waals surface area contributed by atoms with Crippen LogP contribution in [0.2, 0.25) is 0 Å². The number of fused-ring (bicyclic) bond motifs is 1. The number of pyridine rings is 1. The number of carbonyl (C=O) groups is 3. The molecule has 3 amide bonds. The summed E-state index contributed by atoms with van der Waals surface area (Å²) in [6.07, 6.45) is 2.39. The number of carbonyl (C=O) groups excluding carboxylic acids is 3. The topological polar surface area (TPSA) is 144 Å². The van der Waals surface area contributed by atoms with Gasteiger partial charge in [0.05, 0.1) is 31.5 Å². The number of hydrogen-bond acceptors (Lipinski definition) is 9. The van der Waals surface area contributed by atoms with Crippen LogP contribution in [0.4, 0.5) is 21.0 Å². The number of imidazole rings is 1. The molecule has 13 nitrogen and oxygen atoms in total. The minimum absolute atomic E-state index is 0.0493. The molecule has 0 unspecified atom stereocenters. The zero-order valence-electron chi connectivity index (χ0n) is 20.6. The Morgan fingerprint density at radius 2 is 2.03 bits per heavy atom. The summed E-state index contributed by atoms with van der Waals surface area (Å²) in [6, 6.07) is 8.96. The van der Waals surface area contributed by atoms with Crippen molar-refractivity contribution in [3.05, 3.63) is 59.9 Å². The van der Waals surface area contributed by atoms with Crippen LogP contribution >= 0.6 is 0 Å². The Balaban J connectivity index is 1.19. The van der Waals surface area contributed by atoms with E-state index in [0.717, 1.165) is 5.56 Å². The first-order chi connectivity index (χ1) is 18.4. The zero-order valence-corrected chi connectivity index (χ0v) is 20.6. The molecule has 0 aliphatic carbocycles. The van der Waals surface area contributed by atoms with Gasteiger partial charge in [0, 0.05) is 36.6 Å². The summed E-state index contributed by atoms with van der Waals surface area (Å²) in [7, 11) is 1.34. The number of aryl methyl sites for hydroxylation is 1. The highest BCUT2D eigenvalue weighted by molar-refractivity contribution is 6.04. The standard InChI is InChI=1S/C25H23N7O6/c1-14-3-4-15(21-28-23(38-29-21)16-12-30(13-16)24(34)36-2)9-18(14)27-22(33)19-11-26-20-10-17(5-6-32(19)20)31-7-8-37-25(31)35/h3-6,9-11,16H,7-8,12-13H2,1-2H3,(H,27,33). The minimum Gasteiger partial charge on any atom is -0.453 e. The zero-order chi connectivity index (χ0) is 26.4. The van der Waals surface area contributed by atoms with Crippen LogP contribution in [-0.2, 0) is 9.47 Å². The summed E-state index contributed by atoms with van der Waals surface area (Å²) in [6.45, 7) is 3.59. The number of cyclic esters (lactones) is 1. The molecular weight excluding hydrogens is 494 g/mol. The molecule has 2 fully saturated rings. The third kappa shape index (κ3) is 4.07.